The molecule has 0 aromatic carbocycles. The molecule has 8 fully saturated rings. The first-order chi connectivity index (χ1) is 34.6. The van der Waals surface area contributed by atoms with E-state index in [1.54, 1.807) is 0 Å². The quantitative estimate of drug-likeness (QED) is 0.0653. The molecule has 0 bridgehead atoms. The largest absolute Gasteiger partial charge is 0.432 e. The van der Waals surface area contributed by atoms with E-state index in [1.165, 1.54) is 0 Å². The normalized spacial score (nSPS) is 54.1. The highest BCUT2D eigenvalue weighted by molar-refractivity contribution is 5.80. The summed E-state index contributed by atoms with van der Waals surface area (Å²) in [6.07, 6.45) is -22.3. The van der Waals surface area contributed by atoms with Crippen LogP contribution in [0.3, 0.4) is 0 Å². The minimum atomic E-state index is -1.88. The number of carbonyl (C=O) groups excluding carboxylic acids is 1. The van der Waals surface area contributed by atoms with E-state index in [4.69, 9.17) is 37.9 Å². The lowest BCUT2D eigenvalue weighted by molar-refractivity contribution is -0.367. The van der Waals surface area contributed by atoms with Crippen LogP contribution in [0.2, 0.25) is 0 Å². The van der Waals surface area contributed by atoms with Gasteiger partial charge in [-0.25, -0.2) is 0 Å². The van der Waals surface area contributed by atoms with Gasteiger partial charge >= 0.3 is 5.97 Å². The van der Waals surface area contributed by atoms with Crippen LogP contribution in [0.1, 0.15) is 106 Å². The summed E-state index contributed by atoms with van der Waals surface area (Å²) in [7, 11) is 0. The van der Waals surface area contributed by atoms with Crippen molar-refractivity contribution >= 4 is 5.97 Å². The van der Waals surface area contributed by atoms with Crippen molar-refractivity contribution in [3.05, 3.63) is 11.6 Å². The van der Waals surface area contributed by atoms with Crippen LogP contribution in [0.15, 0.2) is 11.6 Å². The molecule has 9 aliphatic rings. The average molecular weight is 1060 g/mol. The van der Waals surface area contributed by atoms with Gasteiger partial charge in [0, 0.05) is 0 Å². The number of hydrogen-bond donors (Lipinski definition) is 13. The number of aliphatic hydroxyl groups excluding tert-OH is 13. The van der Waals surface area contributed by atoms with E-state index in [0.717, 1.165) is 24.8 Å². The molecule has 22 nitrogen and oxygen atoms in total. The van der Waals surface area contributed by atoms with Gasteiger partial charge in [-0.3, -0.25) is 4.79 Å². The Morgan fingerprint density at radius 1 is 0.622 bits per heavy atom. The number of esters is 1. The number of aliphatic hydroxyl groups is 13. The van der Waals surface area contributed by atoms with Crippen molar-refractivity contribution in [1.82, 2.24) is 0 Å². The fourth-order valence-corrected chi connectivity index (χ4v) is 15.9. The Bertz CT molecular complexity index is 2040. The van der Waals surface area contributed by atoms with Crippen LogP contribution in [0.25, 0.3) is 0 Å². The molecule has 22 heteroatoms. The molecule has 0 amide bonds. The zero-order chi connectivity index (χ0) is 54.0. The Hall–Kier alpha value is -1.59. The lowest BCUT2D eigenvalue weighted by atomic mass is 9.33. The molecule has 0 spiro atoms. The van der Waals surface area contributed by atoms with Gasteiger partial charge in [0.15, 0.2) is 18.9 Å². The zero-order valence-electron chi connectivity index (χ0n) is 43.5. The number of ether oxygens (including phenoxy) is 8. The van der Waals surface area contributed by atoms with Crippen LogP contribution in [-0.2, 0) is 42.7 Å². The van der Waals surface area contributed by atoms with Crippen molar-refractivity contribution in [1.29, 1.82) is 0 Å². The molecular formula is C52H84O22. The average Bonchev–Trinajstić information content (AvgIpc) is 3.34. The molecule has 4 aliphatic heterocycles. The Labute approximate surface area is 431 Å². The molecular weight excluding hydrogens is 977 g/mol. The Morgan fingerprint density at radius 2 is 1.23 bits per heavy atom. The van der Waals surface area contributed by atoms with Gasteiger partial charge in [0.2, 0.25) is 6.29 Å². The van der Waals surface area contributed by atoms with E-state index in [-0.39, 0.29) is 54.1 Å². The first-order valence-corrected chi connectivity index (χ1v) is 26.7. The van der Waals surface area contributed by atoms with Crippen LogP contribution >= 0.6 is 0 Å². The topological polar surface area (TPSA) is 354 Å². The third kappa shape index (κ3) is 9.16. The summed E-state index contributed by atoms with van der Waals surface area (Å²) in [6, 6.07) is 0. The van der Waals surface area contributed by atoms with Gasteiger partial charge < -0.3 is 104 Å². The zero-order valence-corrected chi connectivity index (χ0v) is 43.5. The van der Waals surface area contributed by atoms with Gasteiger partial charge in [0.05, 0.1) is 38.6 Å². The lowest BCUT2D eigenvalue weighted by Gasteiger charge is -2.71. The third-order valence-electron chi connectivity index (χ3n) is 20.6. The van der Waals surface area contributed by atoms with Crippen molar-refractivity contribution < 1.29 is 109 Å². The summed E-state index contributed by atoms with van der Waals surface area (Å²) >= 11 is 0. The van der Waals surface area contributed by atoms with E-state index in [9.17, 15) is 66.4 Å². The second-order valence-electron chi connectivity index (χ2n) is 25.5. The highest BCUT2D eigenvalue weighted by atomic mass is 16.8. The number of hydrogen-bond acceptors (Lipinski definition) is 22. The highest BCUT2D eigenvalue weighted by Gasteiger charge is 2.72. The van der Waals surface area contributed by atoms with Gasteiger partial charge in [-0.15, -0.1) is 0 Å². The molecule has 74 heavy (non-hydrogen) atoms. The molecule has 4 saturated heterocycles. The van der Waals surface area contributed by atoms with Crippen LogP contribution < -0.4 is 0 Å². The van der Waals surface area contributed by atoms with Crippen LogP contribution in [0.5, 0.6) is 0 Å². The van der Waals surface area contributed by atoms with Crippen molar-refractivity contribution in [2.24, 2.45) is 50.2 Å². The highest BCUT2D eigenvalue weighted by Crippen LogP contribution is 2.76. The molecule has 0 aromatic heterocycles. The van der Waals surface area contributed by atoms with E-state index < -0.39 is 164 Å². The van der Waals surface area contributed by atoms with Crippen molar-refractivity contribution in [3.63, 3.8) is 0 Å². The summed E-state index contributed by atoms with van der Waals surface area (Å²) < 4.78 is 47.2. The molecule has 5 aliphatic carbocycles. The van der Waals surface area contributed by atoms with Crippen molar-refractivity contribution in [2.75, 3.05) is 26.4 Å². The van der Waals surface area contributed by atoms with Gasteiger partial charge in [-0.1, -0.05) is 60.1 Å². The summed E-state index contributed by atoms with van der Waals surface area (Å²) in [5, 5.41) is 140. The van der Waals surface area contributed by atoms with Gasteiger partial charge in [-0.05, 0) is 103 Å². The summed E-state index contributed by atoms with van der Waals surface area (Å²) in [5.74, 6) is -1.03. The number of fused-ring (bicyclic) bond motifs is 7. The minimum absolute atomic E-state index is 0.107. The molecule has 4 saturated carbocycles. The maximum atomic E-state index is 15.1. The number of allylic oxidation sites excluding steroid dienone is 2. The molecule has 0 unspecified atom stereocenters. The lowest BCUT2D eigenvalue weighted by Crippen LogP contribution is -2.68. The van der Waals surface area contributed by atoms with E-state index in [2.05, 4.69) is 54.5 Å². The van der Waals surface area contributed by atoms with Gasteiger partial charge in [0.25, 0.3) is 0 Å². The summed E-state index contributed by atoms with van der Waals surface area (Å²) in [6.45, 7) is 13.7. The summed E-state index contributed by atoms with van der Waals surface area (Å²) in [4.78, 5) is 15.1. The second-order valence-corrected chi connectivity index (χ2v) is 25.5. The molecule has 0 aromatic rings. The fourth-order valence-electron chi connectivity index (χ4n) is 15.9. The van der Waals surface area contributed by atoms with Gasteiger partial charge in [0.1, 0.15) is 90.9 Å². The third-order valence-corrected chi connectivity index (χ3v) is 20.6. The Kier molecular flexibility index (Phi) is 15.8. The van der Waals surface area contributed by atoms with E-state index >= 15 is 4.79 Å². The second kappa shape index (κ2) is 20.5. The smallest absolute Gasteiger partial charge is 0.317 e. The van der Waals surface area contributed by atoms with Crippen LogP contribution in [-0.4, -0.2) is 222 Å². The monoisotopic (exact) mass is 1060 g/mol. The maximum absolute atomic E-state index is 15.1. The molecule has 424 valence electrons. The molecule has 9 rings (SSSR count). The molecule has 4 heterocycles. The van der Waals surface area contributed by atoms with Crippen LogP contribution in [0.4, 0.5) is 0 Å². The fraction of sp³-hybridized carbons (Fsp3) is 0.942. The van der Waals surface area contributed by atoms with Crippen molar-refractivity contribution in [3.8, 4) is 0 Å². The Balaban J connectivity index is 0.937. The van der Waals surface area contributed by atoms with Crippen molar-refractivity contribution in [2.45, 2.75) is 229 Å². The summed E-state index contributed by atoms with van der Waals surface area (Å²) in [5.41, 5.74) is -2.27. The minimum Gasteiger partial charge on any atom is -0.432 e. The standard InChI is InChI=1S/C52H84O22/c1-47(2)14-15-52(46(66)74-44-40(65)37(62)35(60)27(71-44)21-69-42-38(63)32(57)24(54)19-67-42)23(16-47)22-8-9-29-49(5)12-11-31(48(3,4)28(49)10-13-50(29,6)51(22,7)17-30(52)56)72-45-41(33(58)25(55)20-68-45)73-43-39(64)36(61)34(59)26(18-53)70-43/h8,23-45,53-65H,9-21H2,1-7H3/t23-,24+,25-,26+,27+,28-,29+,30+,31-,32-,33-,34+,35+,36-,37-,38+,39+,40+,41+,42-,43-,44-,45+,49-,50+,51+,52+/m0/s1. The van der Waals surface area contributed by atoms with Crippen LogP contribution in [0, 0.1) is 50.2 Å². The molecule has 0 radical (unpaired) electrons. The maximum Gasteiger partial charge on any atom is 0.317 e. The van der Waals surface area contributed by atoms with Gasteiger partial charge in [-0.2, -0.15) is 0 Å². The van der Waals surface area contributed by atoms with E-state index in [1.807, 2.05) is 0 Å². The first-order valence-electron chi connectivity index (χ1n) is 26.7. The van der Waals surface area contributed by atoms with E-state index in [0.29, 0.717) is 25.7 Å². The SMILES string of the molecule is CC1(C)CC[C@]2(C(=O)O[C@@H]3O[C@H](CO[C@@H]4OC[C@@H](O)[C@H](O)[C@H]4O)[C@@H](O)[C@H](O)[C@H]3O)[C@H](O)C[C@]3(C)C(=CC[C@@H]4[C@@]5(C)CC[C@H](O[C@H]6OC[C@H](O)[C@H](O)[C@H]6O[C@@H]6O[C@H](CO)[C@@H](O)[C@H](O)[C@H]6O)C(C)(C)[C@@H]5CC[C@]43C)[C@@H]2C1. The molecule has 13 N–H and O–H groups in total. The predicted molar refractivity (Wildman–Crippen MR) is 252 cm³/mol. The predicted octanol–water partition coefficient (Wildman–Crippen LogP) is -1.79. The number of carbonyl (C=O) groups is 1. The number of rotatable bonds is 10. The Morgan fingerprint density at radius 3 is 1.91 bits per heavy atom. The molecule has 27 atom stereocenters. The first kappa shape index (κ1) is 57.1.